The minimum absolute atomic E-state index is 0.241. The summed E-state index contributed by atoms with van der Waals surface area (Å²) in [5.74, 6) is 1.59. The van der Waals surface area contributed by atoms with E-state index in [2.05, 4.69) is 13.0 Å². The van der Waals surface area contributed by atoms with Crippen LogP contribution in [-0.4, -0.2) is 22.5 Å². The fourth-order valence-electron chi connectivity index (χ4n) is 5.51. The van der Waals surface area contributed by atoms with E-state index in [1.165, 1.54) is 11.1 Å². The third-order valence-electron chi connectivity index (χ3n) is 6.65. The van der Waals surface area contributed by atoms with Crippen LogP contribution in [0.2, 0.25) is 0 Å². The Bertz CT molecular complexity index is 572. The smallest absolute Gasteiger partial charge is 0.127 e. The van der Waals surface area contributed by atoms with Gasteiger partial charge in [0.05, 0.1) is 6.10 Å². The van der Waals surface area contributed by atoms with Crippen LogP contribution in [-0.2, 0) is 6.42 Å². The summed E-state index contributed by atoms with van der Waals surface area (Å²) < 4.78 is 14.1. The molecule has 1 aromatic rings. The molecule has 2 saturated carbocycles. The Morgan fingerprint density at radius 3 is 2.90 bits per heavy atom. The molecule has 3 heteroatoms. The number of halogens is 1. The lowest BCUT2D eigenvalue weighted by Crippen LogP contribution is -2.44. The molecule has 6 atom stereocenters. The third-order valence-corrected chi connectivity index (χ3v) is 6.65. The van der Waals surface area contributed by atoms with Crippen molar-refractivity contribution in [1.82, 2.24) is 0 Å². The molecular weight excluding hydrogens is 267 g/mol. The average Bonchev–Trinajstić information content (AvgIpc) is 2.70. The van der Waals surface area contributed by atoms with Crippen molar-refractivity contribution in [3.8, 4) is 5.75 Å². The van der Waals surface area contributed by atoms with Gasteiger partial charge >= 0.3 is 0 Å². The van der Waals surface area contributed by atoms with E-state index in [9.17, 15) is 14.6 Å². The van der Waals surface area contributed by atoms with Crippen LogP contribution < -0.4 is 0 Å². The largest absolute Gasteiger partial charge is 0.508 e. The number of fused-ring (bicyclic) bond motifs is 5. The monoisotopic (exact) mass is 290 g/mol. The highest BCUT2D eigenvalue weighted by Crippen LogP contribution is 2.61. The van der Waals surface area contributed by atoms with E-state index >= 15 is 0 Å². The van der Waals surface area contributed by atoms with Crippen molar-refractivity contribution < 1.29 is 14.6 Å². The van der Waals surface area contributed by atoms with Crippen LogP contribution in [0.5, 0.6) is 5.75 Å². The number of phenolic OH excluding ortho intramolecular Hbond substituents is 1. The lowest BCUT2D eigenvalue weighted by molar-refractivity contribution is -0.0365. The molecular formula is C18H23FO2. The van der Waals surface area contributed by atoms with E-state index in [0.29, 0.717) is 29.9 Å². The molecule has 21 heavy (non-hydrogen) atoms. The lowest BCUT2D eigenvalue weighted by Gasteiger charge is -2.49. The molecule has 1 aromatic carbocycles. The van der Waals surface area contributed by atoms with Gasteiger partial charge in [0.15, 0.2) is 0 Å². The number of aliphatic hydroxyl groups is 1. The van der Waals surface area contributed by atoms with Gasteiger partial charge in [0.25, 0.3) is 0 Å². The number of hydrogen-bond acceptors (Lipinski definition) is 2. The molecule has 0 heterocycles. The molecule has 2 N–H and O–H groups in total. The Labute approximate surface area is 125 Å². The van der Waals surface area contributed by atoms with Gasteiger partial charge in [-0.1, -0.05) is 13.0 Å². The van der Waals surface area contributed by atoms with Crippen molar-refractivity contribution in [2.45, 2.75) is 57.2 Å². The number of benzene rings is 1. The van der Waals surface area contributed by atoms with Crippen molar-refractivity contribution in [2.24, 2.45) is 17.3 Å². The number of aromatic hydroxyl groups is 1. The maximum atomic E-state index is 14.1. The predicted octanol–water partition coefficient (Wildman–Crippen LogP) is 3.56. The van der Waals surface area contributed by atoms with Crippen LogP contribution >= 0.6 is 0 Å². The highest BCUT2D eigenvalue weighted by atomic mass is 19.1. The summed E-state index contributed by atoms with van der Waals surface area (Å²) in [5, 5.41) is 19.9. The van der Waals surface area contributed by atoms with Crippen LogP contribution in [0.1, 0.15) is 49.7 Å². The number of aryl methyl sites for hydroxylation is 1. The quantitative estimate of drug-likeness (QED) is 0.767. The Morgan fingerprint density at radius 1 is 1.29 bits per heavy atom. The van der Waals surface area contributed by atoms with Gasteiger partial charge in [-0.05, 0) is 78.5 Å². The summed E-state index contributed by atoms with van der Waals surface area (Å²) in [6.07, 6.45) is 2.63. The summed E-state index contributed by atoms with van der Waals surface area (Å²) in [7, 11) is 0. The zero-order chi connectivity index (χ0) is 14.8. The van der Waals surface area contributed by atoms with Crippen LogP contribution in [0.3, 0.4) is 0 Å². The van der Waals surface area contributed by atoms with Crippen molar-refractivity contribution in [3.63, 3.8) is 0 Å². The predicted molar refractivity (Wildman–Crippen MR) is 79.0 cm³/mol. The van der Waals surface area contributed by atoms with Gasteiger partial charge in [0.2, 0.25) is 0 Å². The normalized spacial score (nSPS) is 44.8. The summed E-state index contributed by atoms with van der Waals surface area (Å²) in [4.78, 5) is 0. The number of hydrogen-bond donors (Lipinski definition) is 2. The first-order chi connectivity index (χ1) is 10.0. The first-order valence-corrected chi connectivity index (χ1v) is 8.14. The molecule has 3 aliphatic carbocycles. The van der Waals surface area contributed by atoms with Gasteiger partial charge in [0.1, 0.15) is 11.9 Å². The molecule has 0 aromatic heterocycles. The highest BCUT2D eigenvalue weighted by Gasteiger charge is 2.58. The van der Waals surface area contributed by atoms with Crippen molar-refractivity contribution in [1.29, 1.82) is 0 Å². The highest BCUT2D eigenvalue weighted by molar-refractivity contribution is 5.40. The van der Waals surface area contributed by atoms with E-state index in [1.54, 1.807) is 6.07 Å². The van der Waals surface area contributed by atoms with Gasteiger partial charge in [-0.15, -0.1) is 0 Å². The zero-order valence-corrected chi connectivity index (χ0v) is 12.4. The lowest BCUT2D eigenvalue weighted by atomic mass is 9.55. The van der Waals surface area contributed by atoms with Crippen molar-refractivity contribution in [3.05, 3.63) is 29.3 Å². The maximum Gasteiger partial charge on any atom is 0.127 e. The van der Waals surface area contributed by atoms with Crippen LogP contribution in [0.25, 0.3) is 0 Å². The SMILES string of the molecule is CC12CCC3c4ccc(O)cc4CCC3C1CC(F)C2O. The fourth-order valence-corrected chi connectivity index (χ4v) is 5.51. The first-order valence-electron chi connectivity index (χ1n) is 8.14. The van der Waals surface area contributed by atoms with E-state index in [4.69, 9.17) is 0 Å². The van der Waals surface area contributed by atoms with Crippen LogP contribution in [0.15, 0.2) is 18.2 Å². The van der Waals surface area contributed by atoms with E-state index in [-0.39, 0.29) is 5.41 Å². The molecule has 4 rings (SSSR count). The van der Waals surface area contributed by atoms with E-state index in [0.717, 1.165) is 25.7 Å². The van der Waals surface area contributed by atoms with Gasteiger partial charge in [-0.3, -0.25) is 0 Å². The van der Waals surface area contributed by atoms with Crippen LogP contribution in [0.4, 0.5) is 4.39 Å². The van der Waals surface area contributed by atoms with Crippen molar-refractivity contribution in [2.75, 3.05) is 0 Å². The Hall–Kier alpha value is -1.09. The van der Waals surface area contributed by atoms with Gasteiger partial charge in [0, 0.05) is 0 Å². The fraction of sp³-hybridized carbons (Fsp3) is 0.667. The number of rotatable bonds is 0. The second kappa shape index (κ2) is 4.45. The Kier molecular flexibility index (Phi) is 2.88. The van der Waals surface area contributed by atoms with Gasteiger partial charge in [-0.2, -0.15) is 0 Å². The molecule has 0 saturated heterocycles. The van der Waals surface area contributed by atoms with Crippen molar-refractivity contribution >= 4 is 0 Å². The molecule has 6 unspecified atom stereocenters. The first kappa shape index (κ1) is 13.6. The number of phenols is 1. The Balaban J connectivity index is 1.71. The third kappa shape index (κ3) is 1.79. The minimum Gasteiger partial charge on any atom is -0.508 e. The van der Waals surface area contributed by atoms with Gasteiger partial charge in [-0.25, -0.2) is 4.39 Å². The van der Waals surface area contributed by atoms with Crippen LogP contribution in [0, 0.1) is 17.3 Å². The number of alkyl halides is 1. The molecule has 0 aliphatic heterocycles. The summed E-state index contributed by atoms with van der Waals surface area (Å²) >= 11 is 0. The molecule has 114 valence electrons. The summed E-state index contributed by atoms with van der Waals surface area (Å²) in [6, 6.07) is 5.72. The standard InChI is InChI=1S/C18H23FO2/c1-18-7-6-13-12-5-3-11(20)8-10(12)2-4-14(13)15(18)9-16(19)17(18)21/h3,5,8,13-17,20-21H,2,4,6-7,9H2,1H3. The zero-order valence-electron chi connectivity index (χ0n) is 12.4. The molecule has 0 amide bonds. The molecule has 0 spiro atoms. The minimum atomic E-state index is -1.06. The average molecular weight is 290 g/mol. The Morgan fingerprint density at radius 2 is 2.10 bits per heavy atom. The maximum absolute atomic E-state index is 14.1. The summed E-state index contributed by atoms with van der Waals surface area (Å²) in [5.41, 5.74) is 2.37. The molecule has 0 bridgehead atoms. The molecule has 2 nitrogen and oxygen atoms in total. The topological polar surface area (TPSA) is 40.5 Å². The van der Waals surface area contributed by atoms with Gasteiger partial charge < -0.3 is 10.2 Å². The van der Waals surface area contributed by atoms with E-state index < -0.39 is 12.3 Å². The second-order valence-corrected chi connectivity index (χ2v) is 7.54. The molecule has 0 radical (unpaired) electrons. The van der Waals surface area contributed by atoms with E-state index in [1.807, 2.05) is 6.07 Å². The molecule has 2 fully saturated rings. The second-order valence-electron chi connectivity index (χ2n) is 7.54. The molecule has 3 aliphatic rings. The number of aliphatic hydroxyl groups excluding tert-OH is 1. The summed E-state index contributed by atoms with van der Waals surface area (Å²) in [6.45, 7) is 2.09.